The maximum Gasteiger partial charge on any atom is 0.266 e. The van der Waals surface area contributed by atoms with Crippen LogP contribution in [0, 0.1) is 5.92 Å². The first-order valence-electron chi connectivity index (χ1n) is 11.2. The van der Waals surface area contributed by atoms with E-state index in [2.05, 4.69) is 32.2 Å². The molecule has 1 fully saturated rings. The molecular weight excluding hydrogens is 393 g/mol. The first-order chi connectivity index (χ1) is 14.9. The van der Waals surface area contributed by atoms with Gasteiger partial charge in [-0.05, 0) is 90.1 Å². The fourth-order valence-corrected chi connectivity index (χ4v) is 4.18. The van der Waals surface area contributed by atoms with Crippen molar-refractivity contribution in [1.29, 1.82) is 0 Å². The number of hydrogen-bond donors (Lipinski definition) is 1. The van der Waals surface area contributed by atoms with Crippen LogP contribution in [0.15, 0.2) is 34.4 Å². The molecule has 3 heterocycles. The van der Waals surface area contributed by atoms with Gasteiger partial charge in [0.2, 0.25) is 0 Å². The van der Waals surface area contributed by atoms with Crippen LogP contribution in [0.25, 0.3) is 0 Å². The summed E-state index contributed by atoms with van der Waals surface area (Å²) in [6.45, 7) is 8.11. The molecule has 1 N–H and O–H groups in total. The molecule has 3 rings (SSSR count). The monoisotopic (exact) mass is 427 g/mol. The van der Waals surface area contributed by atoms with E-state index < -0.39 is 0 Å². The zero-order valence-corrected chi connectivity index (χ0v) is 19.2. The van der Waals surface area contributed by atoms with Crippen LogP contribution in [0.3, 0.4) is 0 Å². The maximum absolute atomic E-state index is 13.5. The lowest BCUT2D eigenvalue weighted by atomic mass is 9.97. The lowest BCUT2D eigenvalue weighted by Gasteiger charge is -2.28. The summed E-state index contributed by atoms with van der Waals surface area (Å²) in [7, 11) is 2.14. The molecule has 0 aromatic carbocycles. The average Bonchev–Trinajstić information content (AvgIpc) is 3.21. The lowest BCUT2D eigenvalue weighted by Crippen LogP contribution is -2.39. The number of piperidine rings is 1. The third-order valence-corrected chi connectivity index (χ3v) is 6.41. The summed E-state index contributed by atoms with van der Waals surface area (Å²) in [6.07, 6.45) is 8.52. The van der Waals surface area contributed by atoms with Crippen molar-refractivity contribution in [3.63, 3.8) is 0 Å². The van der Waals surface area contributed by atoms with Crippen molar-refractivity contribution < 1.29 is 9.18 Å². The van der Waals surface area contributed by atoms with E-state index in [1.54, 1.807) is 6.33 Å². The molecule has 0 spiro atoms. The van der Waals surface area contributed by atoms with Gasteiger partial charge in [0.1, 0.15) is 17.7 Å². The highest BCUT2D eigenvalue weighted by atomic mass is 19.1. The first kappa shape index (κ1) is 23.3. The highest BCUT2D eigenvalue weighted by Gasteiger charge is 2.25. The van der Waals surface area contributed by atoms with Gasteiger partial charge >= 0.3 is 0 Å². The van der Waals surface area contributed by atoms with Gasteiger partial charge in [-0.2, -0.15) is 0 Å². The number of aliphatic imine (C=N–C) groups is 1. The number of rotatable bonds is 8. The van der Waals surface area contributed by atoms with Crippen LogP contribution in [0.4, 0.5) is 10.1 Å². The van der Waals surface area contributed by atoms with Gasteiger partial charge in [-0.1, -0.05) is 6.08 Å². The van der Waals surface area contributed by atoms with Crippen LogP contribution in [-0.4, -0.2) is 53.2 Å². The highest BCUT2D eigenvalue weighted by Crippen LogP contribution is 2.30. The van der Waals surface area contributed by atoms with E-state index in [0.717, 1.165) is 67.8 Å². The van der Waals surface area contributed by atoms with Crippen molar-refractivity contribution in [2.75, 3.05) is 26.7 Å². The quantitative estimate of drug-likeness (QED) is 0.634. The minimum atomic E-state index is -0.142. The van der Waals surface area contributed by atoms with Crippen molar-refractivity contribution >= 4 is 17.3 Å². The van der Waals surface area contributed by atoms with Crippen molar-refractivity contribution in [3.05, 3.63) is 40.8 Å². The molecular formula is C24H34FN5O. The van der Waals surface area contributed by atoms with Gasteiger partial charge in [-0.25, -0.2) is 19.4 Å². The third kappa shape index (κ3) is 6.06. The number of carbonyl (C=O) groups excluding carboxylic acids is 1. The van der Waals surface area contributed by atoms with Gasteiger partial charge in [0.05, 0.1) is 17.2 Å². The van der Waals surface area contributed by atoms with Gasteiger partial charge in [-0.15, -0.1) is 0 Å². The second-order valence-corrected chi connectivity index (χ2v) is 8.63. The number of halogens is 1. The van der Waals surface area contributed by atoms with Crippen molar-refractivity contribution in [3.8, 4) is 0 Å². The number of aryl methyl sites for hydroxylation is 1. The maximum atomic E-state index is 13.5. The third-order valence-electron chi connectivity index (χ3n) is 6.41. The summed E-state index contributed by atoms with van der Waals surface area (Å²) < 4.78 is 13.5. The Morgan fingerprint density at radius 2 is 2.03 bits per heavy atom. The van der Waals surface area contributed by atoms with Gasteiger partial charge in [-0.3, -0.25) is 4.79 Å². The van der Waals surface area contributed by atoms with Gasteiger partial charge in [0, 0.05) is 13.0 Å². The number of nitrogens with one attached hydrogen (secondary N) is 1. The number of carbonyl (C=O) groups is 1. The Balaban J connectivity index is 1.57. The van der Waals surface area contributed by atoms with Crippen molar-refractivity contribution in [1.82, 2.24) is 20.2 Å². The summed E-state index contributed by atoms with van der Waals surface area (Å²) in [4.78, 5) is 28.3. The molecule has 1 aromatic heterocycles. The Morgan fingerprint density at radius 3 is 2.71 bits per heavy atom. The molecule has 6 nitrogen and oxygen atoms in total. The number of nitrogens with zero attached hydrogens (tertiary/aromatic N) is 4. The lowest BCUT2D eigenvalue weighted by molar-refractivity contribution is -0.115. The fraction of sp³-hybridized carbons (Fsp3) is 0.583. The second kappa shape index (κ2) is 10.8. The molecule has 0 saturated carbocycles. The number of fused-ring (bicyclic) bond motifs is 1. The van der Waals surface area contributed by atoms with Crippen LogP contribution in [-0.2, 0) is 17.6 Å². The highest BCUT2D eigenvalue weighted by molar-refractivity contribution is 6.40. The summed E-state index contributed by atoms with van der Waals surface area (Å²) in [5.74, 6) is 0.293. The van der Waals surface area contributed by atoms with E-state index >= 15 is 0 Å². The Bertz CT molecular complexity index is 893. The fourth-order valence-electron chi connectivity index (χ4n) is 4.18. The summed E-state index contributed by atoms with van der Waals surface area (Å²) in [6, 6.07) is 0. The molecule has 31 heavy (non-hydrogen) atoms. The predicted molar refractivity (Wildman–Crippen MR) is 122 cm³/mol. The van der Waals surface area contributed by atoms with Gasteiger partial charge in [0.15, 0.2) is 0 Å². The van der Waals surface area contributed by atoms with Crippen LogP contribution >= 0.6 is 0 Å². The smallest absolute Gasteiger partial charge is 0.266 e. The SMILES string of the molecule is C/C=C(CCCc1ncnc2c1N=C(C(=O)NCC1CCN(C)CC1)C2)\C(C)=C(/C)F. The van der Waals surface area contributed by atoms with Crippen LogP contribution < -0.4 is 5.32 Å². The molecule has 2 aliphatic heterocycles. The minimum absolute atomic E-state index is 0.0988. The average molecular weight is 428 g/mol. The molecule has 1 saturated heterocycles. The number of aromatic nitrogens is 2. The largest absolute Gasteiger partial charge is 0.351 e. The van der Waals surface area contributed by atoms with E-state index in [4.69, 9.17) is 0 Å². The summed E-state index contributed by atoms with van der Waals surface area (Å²) in [5.41, 5.74) is 4.65. The molecule has 7 heteroatoms. The van der Waals surface area contributed by atoms with Crippen molar-refractivity contribution in [2.45, 2.75) is 59.3 Å². The molecule has 0 radical (unpaired) electrons. The summed E-state index contributed by atoms with van der Waals surface area (Å²) >= 11 is 0. The molecule has 1 amide bonds. The standard InChI is InChI=1S/C24H34FN5O/c1-5-19(16(2)17(3)25)7-6-8-20-23-21(28-15-27-20)13-22(29-23)24(31)26-14-18-9-11-30(4)12-10-18/h5,15,18H,6-14H2,1-4H3,(H,26,31)/b17-16+,19-5-. The Hall–Kier alpha value is -2.41. The first-order valence-corrected chi connectivity index (χ1v) is 11.2. The number of hydrogen-bond acceptors (Lipinski definition) is 5. The zero-order valence-electron chi connectivity index (χ0n) is 19.2. The van der Waals surface area contributed by atoms with Crippen LogP contribution in [0.1, 0.15) is 57.8 Å². The summed E-state index contributed by atoms with van der Waals surface area (Å²) in [5, 5.41) is 3.07. The molecule has 2 aliphatic rings. The van der Waals surface area contributed by atoms with Crippen molar-refractivity contribution in [2.24, 2.45) is 10.9 Å². The van der Waals surface area contributed by atoms with E-state index in [9.17, 15) is 9.18 Å². The van der Waals surface area contributed by atoms with E-state index in [-0.39, 0.29) is 11.7 Å². The topological polar surface area (TPSA) is 70.5 Å². The Labute approximate surface area is 184 Å². The number of allylic oxidation sites excluding steroid dienone is 4. The van der Waals surface area contributed by atoms with E-state index in [1.807, 2.05) is 19.9 Å². The van der Waals surface area contributed by atoms with E-state index in [1.165, 1.54) is 6.92 Å². The Kier molecular flexibility index (Phi) is 8.07. The van der Waals surface area contributed by atoms with Gasteiger partial charge < -0.3 is 10.2 Å². The minimum Gasteiger partial charge on any atom is -0.351 e. The predicted octanol–water partition coefficient (Wildman–Crippen LogP) is 4.10. The molecule has 0 bridgehead atoms. The van der Waals surface area contributed by atoms with E-state index in [0.29, 0.717) is 30.2 Å². The number of amides is 1. The van der Waals surface area contributed by atoms with Gasteiger partial charge in [0.25, 0.3) is 5.91 Å². The Morgan fingerprint density at radius 1 is 1.29 bits per heavy atom. The molecule has 168 valence electrons. The molecule has 0 unspecified atom stereocenters. The molecule has 0 atom stereocenters. The second-order valence-electron chi connectivity index (χ2n) is 8.63. The molecule has 1 aromatic rings. The molecule has 0 aliphatic carbocycles. The normalized spacial score (nSPS) is 18.5. The van der Waals surface area contributed by atoms with Crippen LogP contribution in [0.5, 0.6) is 0 Å². The zero-order chi connectivity index (χ0) is 22.4. The van der Waals surface area contributed by atoms with Crippen LogP contribution in [0.2, 0.25) is 0 Å². The number of likely N-dealkylation sites (tertiary alicyclic amines) is 1.